The van der Waals surface area contributed by atoms with E-state index in [1.54, 1.807) is 13.8 Å². The van der Waals surface area contributed by atoms with Gasteiger partial charge in [0.15, 0.2) is 0 Å². The summed E-state index contributed by atoms with van der Waals surface area (Å²) in [6.45, 7) is 3.37. The molecule has 4 amide bonds. The van der Waals surface area contributed by atoms with Crippen LogP contribution in [-0.2, 0) is 28.8 Å². The molecule has 5 atom stereocenters. The number of amides is 4. The molecule has 0 aromatic rings. The van der Waals surface area contributed by atoms with Gasteiger partial charge >= 0.3 is 11.9 Å². The molecule has 13 nitrogen and oxygen atoms in total. The van der Waals surface area contributed by atoms with E-state index in [-0.39, 0.29) is 18.6 Å². The van der Waals surface area contributed by atoms with Crippen molar-refractivity contribution in [1.29, 1.82) is 0 Å². The molecule has 0 spiro atoms. The first kappa shape index (κ1) is 29.1. The van der Waals surface area contributed by atoms with E-state index >= 15 is 0 Å². The molecular formula is C18H31N5O8S. The lowest BCUT2D eigenvalue weighted by molar-refractivity contribution is -0.143. The van der Waals surface area contributed by atoms with Crippen LogP contribution in [0.4, 0.5) is 0 Å². The summed E-state index contributed by atoms with van der Waals surface area (Å²) in [6.07, 6.45) is -0.675. The van der Waals surface area contributed by atoms with Gasteiger partial charge in [0.2, 0.25) is 23.6 Å². The van der Waals surface area contributed by atoms with Gasteiger partial charge in [-0.15, -0.1) is 0 Å². The van der Waals surface area contributed by atoms with Crippen molar-refractivity contribution in [3.8, 4) is 0 Å². The Balaban J connectivity index is 5.46. The Morgan fingerprint density at radius 3 is 1.94 bits per heavy atom. The third-order valence-corrected chi connectivity index (χ3v) is 5.01. The first-order valence-electron chi connectivity index (χ1n) is 9.84. The molecule has 182 valence electrons. The Hall–Kier alpha value is -2.87. The second-order valence-electron chi connectivity index (χ2n) is 7.22. The van der Waals surface area contributed by atoms with Crippen molar-refractivity contribution < 1.29 is 39.0 Å². The fourth-order valence-electron chi connectivity index (χ4n) is 2.49. The van der Waals surface area contributed by atoms with Crippen LogP contribution in [0, 0.1) is 5.92 Å². The van der Waals surface area contributed by atoms with Crippen molar-refractivity contribution in [1.82, 2.24) is 16.0 Å². The van der Waals surface area contributed by atoms with Gasteiger partial charge in [-0.2, -0.15) is 12.6 Å². The van der Waals surface area contributed by atoms with E-state index in [9.17, 15) is 28.8 Å². The van der Waals surface area contributed by atoms with Crippen LogP contribution in [0.25, 0.3) is 0 Å². The SMILES string of the molecule is CCC(C)C(NC(=O)C(CC(=O)O)NC(=O)C(N)CCC(N)=O)C(=O)NC(CS)C(=O)O. The molecule has 0 heterocycles. The largest absolute Gasteiger partial charge is 0.481 e. The molecule has 0 fully saturated rings. The normalized spacial score (nSPS) is 15.4. The molecule has 0 aliphatic rings. The van der Waals surface area contributed by atoms with E-state index in [2.05, 4.69) is 28.6 Å². The predicted octanol–water partition coefficient (Wildman–Crippen LogP) is -2.43. The maximum Gasteiger partial charge on any atom is 0.327 e. The average Bonchev–Trinajstić information content (AvgIpc) is 2.71. The van der Waals surface area contributed by atoms with Crippen molar-refractivity contribution in [3.63, 3.8) is 0 Å². The molecule has 0 saturated heterocycles. The number of hydrogen-bond acceptors (Lipinski definition) is 8. The number of carbonyl (C=O) groups is 6. The molecule has 0 saturated carbocycles. The third kappa shape index (κ3) is 10.4. The van der Waals surface area contributed by atoms with E-state index in [0.717, 1.165) is 0 Å². The van der Waals surface area contributed by atoms with E-state index in [1.807, 2.05) is 0 Å². The summed E-state index contributed by atoms with van der Waals surface area (Å²) >= 11 is 3.86. The number of carbonyl (C=O) groups excluding carboxylic acids is 4. The summed E-state index contributed by atoms with van der Waals surface area (Å²) in [5, 5.41) is 25.0. The molecule has 5 unspecified atom stereocenters. The number of primary amides is 1. The second kappa shape index (κ2) is 14.2. The van der Waals surface area contributed by atoms with E-state index < -0.39 is 72.1 Å². The smallest absolute Gasteiger partial charge is 0.327 e. The van der Waals surface area contributed by atoms with Crippen LogP contribution in [0.15, 0.2) is 0 Å². The predicted molar refractivity (Wildman–Crippen MR) is 115 cm³/mol. The standard InChI is InChI=1S/C18H31N5O8S/c1-3-8(2)14(17(29)22-11(7-32)18(30)31)23-16(28)10(6-13(25)26)21-15(27)9(19)4-5-12(20)24/h8-11,14,32H,3-7,19H2,1-2H3,(H2,20,24)(H,21,27)(H,22,29)(H,23,28)(H,25,26)(H,30,31). The number of hydrogen-bond donors (Lipinski definition) is 8. The zero-order valence-corrected chi connectivity index (χ0v) is 18.8. The van der Waals surface area contributed by atoms with E-state index in [0.29, 0.717) is 6.42 Å². The molecule has 9 N–H and O–H groups in total. The highest BCUT2D eigenvalue weighted by molar-refractivity contribution is 7.80. The maximum atomic E-state index is 12.7. The fraction of sp³-hybridized carbons (Fsp3) is 0.667. The van der Waals surface area contributed by atoms with Gasteiger partial charge in [0.05, 0.1) is 12.5 Å². The minimum absolute atomic E-state index is 0.110. The number of nitrogens with one attached hydrogen (secondary N) is 3. The van der Waals surface area contributed by atoms with Gasteiger partial charge in [0.25, 0.3) is 0 Å². The Bertz CT molecular complexity index is 719. The molecule has 0 radical (unpaired) electrons. The zero-order valence-electron chi connectivity index (χ0n) is 17.9. The van der Waals surface area contributed by atoms with Crippen LogP contribution in [0.3, 0.4) is 0 Å². The lowest BCUT2D eigenvalue weighted by Crippen LogP contribution is -2.59. The van der Waals surface area contributed by atoms with Gasteiger partial charge in [0, 0.05) is 12.2 Å². The van der Waals surface area contributed by atoms with Crippen molar-refractivity contribution in [2.45, 2.75) is 63.7 Å². The third-order valence-electron chi connectivity index (χ3n) is 4.64. The minimum Gasteiger partial charge on any atom is -0.481 e. The van der Waals surface area contributed by atoms with Crippen LogP contribution >= 0.6 is 12.6 Å². The van der Waals surface area contributed by atoms with E-state index in [4.69, 9.17) is 21.7 Å². The second-order valence-corrected chi connectivity index (χ2v) is 7.59. The zero-order chi connectivity index (χ0) is 25.0. The molecular weight excluding hydrogens is 446 g/mol. The lowest BCUT2D eigenvalue weighted by Gasteiger charge is -2.27. The quantitative estimate of drug-likeness (QED) is 0.117. The summed E-state index contributed by atoms with van der Waals surface area (Å²) in [4.78, 5) is 70.7. The van der Waals surface area contributed by atoms with Gasteiger partial charge in [-0.3, -0.25) is 24.0 Å². The average molecular weight is 478 g/mol. The van der Waals surface area contributed by atoms with Crippen molar-refractivity contribution in [2.24, 2.45) is 17.4 Å². The van der Waals surface area contributed by atoms with Crippen LogP contribution in [0.2, 0.25) is 0 Å². The lowest BCUT2D eigenvalue weighted by atomic mass is 9.97. The first-order valence-corrected chi connectivity index (χ1v) is 10.5. The van der Waals surface area contributed by atoms with Crippen LogP contribution < -0.4 is 27.4 Å². The molecule has 14 heteroatoms. The number of nitrogens with two attached hydrogens (primary N) is 2. The summed E-state index contributed by atoms with van der Waals surface area (Å²) in [6, 6.07) is -5.29. The summed E-state index contributed by atoms with van der Waals surface area (Å²) in [5.74, 6) is -6.69. The number of carboxylic acid groups (broad SMARTS) is 2. The Morgan fingerprint density at radius 2 is 1.50 bits per heavy atom. The molecule has 0 aliphatic carbocycles. The highest BCUT2D eigenvalue weighted by Gasteiger charge is 2.33. The van der Waals surface area contributed by atoms with Crippen LogP contribution in [0.1, 0.15) is 39.5 Å². The van der Waals surface area contributed by atoms with Crippen LogP contribution in [-0.4, -0.2) is 75.7 Å². The molecule has 0 aromatic carbocycles. The van der Waals surface area contributed by atoms with Gasteiger partial charge in [-0.25, -0.2) is 4.79 Å². The fourth-order valence-corrected chi connectivity index (χ4v) is 2.74. The Kier molecular flexibility index (Phi) is 13.0. The highest BCUT2D eigenvalue weighted by Crippen LogP contribution is 2.10. The summed E-state index contributed by atoms with van der Waals surface area (Å²) < 4.78 is 0. The Morgan fingerprint density at radius 1 is 0.938 bits per heavy atom. The molecule has 0 aromatic heterocycles. The number of aliphatic carboxylic acids is 2. The summed E-state index contributed by atoms with van der Waals surface area (Å²) in [7, 11) is 0. The maximum absolute atomic E-state index is 12.7. The molecule has 0 aliphatic heterocycles. The number of carboxylic acids is 2. The molecule has 0 bridgehead atoms. The van der Waals surface area contributed by atoms with E-state index in [1.165, 1.54) is 0 Å². The summed E-state index contributed by atoms with van der Waals surface area (Å²) in [5.41, 5.74) is 10.6. The highest BCUT2D eigenvalue weighted by atomic mass is 32.1. The topological polar surface area (TPSA) is 231 Å². The Labute approximate surface area is 190 Å². The number of thiol groups is 1. The first-order chi connectivity index (χ1) is 14.8. The van der Waals surface area contributed by atoms with Crippen molar-refractivity contribution >= 4 is 48.2 Å². The number of rotatable bonds is 15. The van der Waals surface area contributed by atoms with Crippen molar-refractivity contribution in [2.75, 3.05) is 5.75 Å². The molecule has 32 heavy (non-hydrogen) atoms. The van der Waals surface area contributed by atoms with Gasteiger partial charge in [-0.1, -0.05) is 20.3 Å². The van der Waals surface area contributed by atoms with Gasteiger partial charge in [0.1, 0.15) is 18.1 Å². The van der Waals surface area contributed by atoms with Crippen LogP contribution in [0.5, 0.6) is 0 Å². The minimum atomic E-state index is -1.57. The van der Waals surface area contributed by atoms with Crippen molar-refractivity contribution in [3.05, 3.63) is 0 Å². The van der Waals surface area contributed by atoms with Gasteiger partial charge < -0.3 is 37.6 Å². The molecule has 0 rings (SSSR count). The monoisotopic (exact) mass is 477 g/mol. The van der Waals surface area contributed by atoms with Gasteiger partial charge in [-0.05, 0) is 12.3 Å².